The SMILES string of the molecule is Cl.O=C(NCCc1nc(C(F)(F)F)cs1)C1CCNC1. The fraction of sp³-hybridized carbons (Fsp3) is 0.636. The Labute approximate surface area is 124 Å². The number of halogens is 4. The van der Waals surface area contributed by atoms with Gasteiger partial charge in [-0.25, -0.2) is 4.98 Å². The van der Waals surface area contributed by atoms with E-state index in [4.69, 9.17) is 0 Å². The van der Waals surface area contributed by atoms with Crippen LogP contribution >= 0.6 is 23.7 Å². The van der Waals surface area contributed by atoms with Gasteiger partial charge in [0.15, 0.2) is 5.69 Å². The third-order valence-corrected chi connectivity index (χ3v) is 3.82. The van der Waals surface area contributed by atoms with E-state index in [1.807, 2.05) is 0 Å². The Morgan fingerprint density at radius 3 is 2.85 bits per heavy atom. The van der Waals surface area contributed by atoms with Crippen LogP contribution in [0.2, 0.25) is 0 Å². The quantitative estimate of drug-likeness (QED) is 0.886. The predicted molar refractivity (Wildman–Crippen MR) is 72.1 cm³/mol. The minimum absolute atomic E-state index is 0. The lowest BCUT2D eigenvalue weighted by atomic mass is 10.1. The van der Waals surface area contributed by atoms with Crippen molar-refractivity contribution >= 4 is 29.7 Å². The average molecular weight is 330 g/mol. The minimum Gasteiger partial charge on any atom is -0.355 e. The van der Waals surface area contributed by atoms with Crippen LogP contribution in [0.1, 0.15) is 17.1 Å². The highest BCUT2D eigenvalue weighted by Gasteiger charge is 2.33. The fourth-order valence-electron chi connectivity index (χ4n) is 1.87. The van der Waals surface area contributed by atoms with Gasteiger partial charge in [-0.1, -0.05) is 0 Å². The number of carbonyl (C=O) groups excluding carboxylic acids is 1. The van der Waals surface area contributed by atoms with Crippen LogP contribution in [0.25, 0.3) is 0 Å². The highest BCUT2D eigenvalue weighted by atomic mass is 35.5. The molecule has 1 aromatic heterocycles. The Morgan fingerprint density at radius 2 is 2.30 bits per heavy atom. The Balaban J connectivity index is 0.00000200. The van der Waals surface area contributed by atoms with Gasteiger partial charge in [-0.3, -0.25) is 4.79 Å². The molecule has 1 atom stereocenters. The normalized spacial score (nSPS) is 18.6. The van der Waals surface area contributed by atoms with E-state index in [1.54, 1.807) is 0 Å². The second-order valence-corrected chi connectivity index (χ2v) is 5.30. The summed E-state index contributed by atoms with van der Waals surface area (Å²) in [6.45, 7) is 1.82. The summed E-state index contributed by atoms with van der Waals surface area (Å²) in [5.74, 6) is -0.0698. The molecule has 2 N–H and O–H groups in total. The van der Waals surface area contributed by atoms with Crippen molar-refractivity contribution in [3.05, 3.63) is 16.1 Å². The Kier molecular flexibility index (Phi) is 6.22. The number of carbonyl (C=O) groups is 1. The summed E-state index contributed by atoms with van der Waals surface area (Å²) < 4.78 is 37.0. The maximum Gasteiger partial charge on any atom is 0.434 e. The summed E-state index contributed by atoms with van der Waals surface area (Å²) in [4.78, 5) is 15.2. The number of thiazole rings is 1. The zero-order chi connectivity index (χ0) is 13.9. The highest BCUT2D eigenvalue weighted by molar-refractivity contribution is 7.09. The maximum atomic E-state index is 12.3. The Morgan fingerprint density at radius 1 is 1.55 bits per heavy atom. The highest BCUT2D eigenvalue weighted by Crippen LogP contribution is 2.29. The molecule has 0 saturated carbocycles. The second-order valence-electron chi connectivity index (χ2n) is 4.35. The molecule has 1 unspecified atom stereocenters. The number of alkyl halides is 3. The molecular formula is C11H15ClF3N3OS. The molecule has 0 aliphatic carbocycles. The molecule has 2 rings (SSSR count). The lowest BCUT2D eigenvalue weighted by molar-refractivity contribution is -0.140. The van der Waals surface area contributed by atoms with E-state index in [9.17, 15) is 18.0 Å². The zero-order valence-electron chi connectivity index (χ0n) is 10.5. The molecule has 0 bridgehead atoms. The molecule has 4 nitrogen and oxygen atoms in total. The maximum absolute atomic E-state index is 12.3. The number of nitrogens with zero attached hydrogens (tertiary/aromatic N) is 1. The zero-order valence-corrected chi connectivity index (χ0v) is 12.1. The Hall–Kier alpha value is -0.860. The summed E-state index contributed by atoms with van der Waals surface area (Å²) in [6.07, 6.45) is -3.26. The monoisotopic (exact) mass is 329 g/mol. The number of amides is 1. The van der Waals surface area contributed by atoms with E-state index in [0.29, 0.717) is 24.5 Å². The molecule has 114 valence electrons. The lowest BCUT2D eigenvalue weighted by Crippen LogP contribution is -2.33. The van der Waals surface area contributed by atoms with E-state index >= 15 is 0 Å². The molecule has 1 aromatic rings. The number of nitrogens with one attached hydrogen (secondary N) is 2. The van der Waals surface area contributed by atoms with Gasteiger partial charge in [0.1, 0.15) is 0 Å². The summed E-state index contributed by atoms with van der Waals surface area (Å²) in [5, 5.41) is 7.20. The topological polar surface area (TPSA) is 54.0 Å². The van der Waals surface area contributed by atoms with Gasteiger partial charge < -0.3 is 10.6 Å². The number of aromatic nitrogens is 1. The molecule has 20 heavy (non-hydrogen) atoms. The van der Waals surface area contributed by atoms with Crippen LogP contribution in [-0.2, 0) is 17.4 Å². The predicted octanol–water partition coefficient (Wildman–Crippen LogP) is 1.85. The van der Waals surface area contributed by atoms with Gasteiger partial charge in [0, 0.05) is 24.9 Å². The van der Waals surface area contributed by atoms with Crippen molar-refractivity contribution in [2.75, 3.05) is 19.6 Å². The third kappa shape index (κ3) is 4.60. The molecule has 1 fully saturated rings. The third-order valence-electron chi connectivity index (χ3n) is 2.91. The van der Waals surface area contributed by atoms with Gasteiger partial charge >= 0.3 is 6.18 Å². The van der Waals surface area contributed by atoms with E-state index in [-0.39, 0.29) is 24.2 Å². The second kappa shape index (κ2) is 7.24. The van der Waals surface area contributed by atoms with Crippen LogP contribution in [0.5, 0.6) is 0 Å². The smallest absolute Gasteiger partial charge is 0.355 e. The van der Waals surface area contributed by atoms with Crippen molar-refractivity contribution in [2.45, 2.75) is 19.0 Å². The summed E-state index contributed by atoms with van der Waals surface area (Å²) in [7, 11) is 0. The molecule has 1 saturated heterocycles. The van der Waals surface area contributed by atoms with Crippen LogP contribution in [-0.4, -0.2) is 30.5 Å². The van der Waals surface area contributed by atoms with Crippen LogP contribution in [0.3, 0.4) is 0 Å². The van der Waals surface area contributed by atoms with E-state index < -0.39 is 11.9 Å². The van der Waals surface area contributed by atoms with Gasteiger partial charge in [-0.2, -0.15) is 13.2 Å². The van der Waals surface area contributed by atoms with Gasteiger partial charge in [-0.05, 0) is 13.0 Å². The first kappa shape index (κ1) is 17.2. The average Bonchev–Trinajstić information content (AvgIpc) is 2.99. The number of rotatable bonds is 4. The molecule has 9 heteroatoms. The number of hydrogen-bond acceptors (Lipinski definition) is 4. The first-order valence-corrected chi connectivity index (χ1v) is 6.85. The van der Waals surface area contributed by atoms with Crippen molar-refractivity contribution in [1.82, 2.24) is 15.6 Å². The molecule has 1 aliphatic rings. The lowest BCUT2D eigenvalue weighted by Gasteiger charge is -2.08. The van der Waals surface area contributed by atoms with Crippen molar-refractivity contribution in [3.8, 4) is 0 Å². The summed E-state index contributed by atoms with van der Waals surface area (Å²) in [5.41, 5.74) is -0.862. The summed E-state index contributed by atoms with van der Waals surface area (Å²) >= 11 is 0.966. The molecule has 1 aliphatic heterocycles. The molecule has 2 heterocycles. The summed E-state index contributed by atoms with van der Waals surface area (Å²) in [6, 6.07) is 0. The van der Waals surface area contributed by atoms with Crippen molar-refractivity contribution in [2.24, 2.45) is 5.92 Å². The molecular weight excluding hydrogens is 315 g/mol. The Bertz CT molecular complexity index is 446. The van der Waals surface area contributed by atoms with Crippen LogP contribution < -0.4 is 10.6 Å². The first-order valence-electron chi connectivity index (χ1n) is 5.97. The molecule has 0 aromatic carbocycles. The number of hydrogen-bond donors (Lipinski definition) is 2. The van der Waals surface area contributed by atoms with E-state index in [0.717, 1.165) is 29.7 Å². The van der Waals surface area contributed by atoms with Gasteiger partial charge in [0.25, 0.3) is 0 Å². The van der Waals surface area contributed by atoms with Crippen molar-refractivity contribution in [1.29, 1.82) is 0 Å². The molecule has 0 spiro atoms. The van der Waals surface area contributed by atoms with Gasteiger partial charge in [0.05, 0.1) is 10.9 Å². The molecule has 0 radical (unpaired) electrons. The van der Waals surface area contributed by atoms with E-state index in [1.165, 1.54) is 0 Å². The van der Waals surface area contributed by atoms with Crippen LogP contribution in [0.15, 0.2) is 5.38 Å². The standard InChI is InChI=1S/C11H14F3N3OS.ClH/c12-11(13,14)8-6-19-9(17-8)2-4-16-10(18)7-1-3-15-5-7;/h6-7,15H,1-5H2,(H,16,18);1H. The van der Waals surface area contributed by atoms with E-state index in [2.05, 4.69) is 15.6 Å². The van der Waals surface area contributed by atoms with Crippen LogP contribution in [0, 0.1) is 5.92 Å². The fourth-order valence-corrected chi connectivity index (χ4v) is 2.68. The van der Waals surface area contributed by atoms with Crippen LogP contribution in [0.4, 0.5) is 13.2 Å². The van der Waals surface area contributed by atoms with Gasteiger partial charge in [0.2, 0.25) is 5.91 Å². The molecule has 1 amide bonds. The minimum atomic E-state index is -4.40. The van der Waals surface area contributed by atoms with Crippen molar-refractivity contribution in [3.63, 3.8) is 0 Å². The van der Waals surface area contributed by atoms with Gasteiger partial charge in [-0.15, -0.1) is 23.7 Å². The largest absolute Gasteiger partial charge is 0.434 e. The first-order chi connectivity index (χ1) is 8.97. The van der Waals surface area contributed by atoms with Crippen molar-refractivity contribution < 1.29 is 18.0 Å².